The van der Waals surface area contributed by atoms with E-state index in [1.165, 1.54) is 6.92 Å². The molecule has 4 nitrogen and oxygen atoms in total. The second kappa shape index (κ2) is 4.08. The van der Waals surface area contributed by atoms with Gasteiger partial charge < -0.3 is 9.84 Å². The van der Waals surface area contributed by atoms with Gasteiger partial charge in [-0.2, -0.15) is 8.78 Å². The van der Waals surface area contributed by atoms with Crippen LogP contribution >= 0.6 is 0 Å². The van der Waals surface area contributed by atoms with Gasteiger partial charge in [-0.25, -0.2) is 9.97 Å². The summed E-state index contributed by atoms with van der Waals surface area (Å²) in [6.45, 7) is -1.74. The number of rotatable bonds is 3. The molecule has 0 bridgehead atoms. The number of hydrogen-bond acceptors (Lipinski definition) is 4. The summed E-state index contributed by atoms with van der Waals surface area (Å²) in [7, 11) is 0. The Morgan fingerprint density at radius 1 is 1.54 bits per heavy atom. The molecule has 1 rings (SSSR count). The molecule has 1 aromatic heterocycles. The smallest absolute Gasteiger partial charge is 0.388 e. The van der Waals surface area contributed by atoms with Crippen LogP contribution in [0.4, 0.5) is 8.78 Å². The van der Waals surface area contributed by atoms with Crippen molar-refractivity contribution in [1.29, 1.82) is 0 Å². The molecule has 0 aromatic carbocycles. The highest BCUT2D eigenvalue weighted by Crippen LogP contribution is 2.17. The maximum atomic E-state index is 11.8. The lowest BCUT2D eigenvalue weighted by molar-refractivity contribution is -0.0535. The van der Waals surface area contributed by atoms with Gasteiger partial charge in [0.25, 0.3) is 0 Å². The average molecular weight is 190 g/mol. The summed E-state index contributed by atoms with van der Waals surface area (Å²) in [5.41, 5.74) is 0.607. The number of nitrogens with zero attached hydrogens (tertiary/aromatic N) is 2. The first-order valence-electron chi connectivity index (χ1n) is 3.51. The van der Waals surface area contributed by atoms with Gasteiger partial charge >= 0.3 is 6.61 Å². The quantitative estimate of drug-likeness (QED) is 0.768. The van der Waals surface area contributed by atoms with Gasteiger partial charge in [0.1, 0.15) is 6.33 Å². The molecule has 13 heavy (non-hydrogen) atoms. The molecule has 0 unspecified atom stereocenters. The fraction of sp³-hybridized carbons (Fsp3) is 0.429. The first-order valence-corrected chi connectivity index (χ1v) is 3.51. The van der Waals surface area contributed by atoms with Crippen LogP contribution in [0.2, 0.25) is 0 Å². The Balaban J connectivity index is 2.94. The molecule has 72 valence electrons. The lowest BCUT2D eigenvalue weighted by Gasteiger charge is -2.07. The van der Waals surface area contributed by atoms with Gasteiger partial charge in [-0.15, -0.1) is 0 Å². The van der Waals surface area contributed by atoms with E-state index in [2.05, 4.69) is 14.7 Å². The molecule has 0 aliphatic rings. The van der Waals surface area contributed by atoms with E-state index in [0.717, 1.165) is 6.33 Å². The van der Waals surface area contributed by atoms with Gasteiger partial charge in [0.05, 0.1) is 12.3 Å². The Bertz CT molecular complexity index is 294. The molecule has 6 heteroatoms. The Morgan fingerprint density at radius 2 is 2.23 bits per heavy atom. The normalized spacial score (nSPS) is 10.5. The van der Waals surface area contributed by atoms with Crippen molar-refractivity contribution in [3.63, 3.8) is 0 Å². The van der Waals surface area contributed by atoms with Gasteiger partial charge in [0, 0.05) is 5.56 Å². The van der Waals surface area contributed by atoms with Crippen molar-refractivity contribution in [3.05, 3.63) is 17.6 Å². The van der Waals surface area contributed by atoms with E-state index in [1.54, 1.807) is 0 Å². The van der Waals surface area contributed by atoms with Crippen molar-refractivity contribution < 1.29 is 18.6 Å². The molecule has 0 saturated heterocycles. The van der Waals surface area contributed by atoms with E-state index < -0.39 is 6.61 Å². The van der Waals surface area contributed by atoms with Crippen molar-refractivity contribution in [1.82, 2.24) is 9.97 Å². The first kappa shape index (κ1) is 9.79. The highest BCUT2D eigenvalue weighted by atomic mass is 19.3. The summed E-state index contributed by atoms with van der Waals surface area (Å²) in [6.07, 6.45) is 1.07. The minimum atomic E-state index is -2.92. The van der Waals surface area contributed by atoms with Crippen LogP contribution < -0.4 is 4.74 Å². The van der Waals surface area contributed by atoms with E-state index in [9.17, 15) is 8.78 Å². The van der Waals surface area contributed by atoms with Crippen molar-refractivity contribution in [3.8, 4) is 5.88 Å². The predicted octanol–water partition coefficient (Wildman–Crippen LogP) is 0.879. The molecule has 0 amide bonds. The molecule has 0 saturated carbocycles. The van der Waals surface area contributed by atoms with Gasteiger partial charge in [0.15, 0.2) is 0 Å². The number of halogens is 2. The number of ether oxygens (including phenoxy) is 1. The second-order valence-electron chi connectivity index (χ2n) is 2.29. The summed E-state index contributed by atoms with van der Waals surface area (Å²) in [5.74, 6) is -0.200. The predicted molar refractivity (Wildman–Crippen MR) is 39.3 cm³/mol. The van der Waals surface area contributed by atoms with Gasteiger partial charge in [-0.05, 0) is 6.92 Å². The van der Waals surface area contributed by atoms with Crippen LogP contribution in [0.3, 0.4) is 0 Å². The summed E-state index contributed by atoms with van der Waals surface area (Å²) in [6, 6.07) is 0. The molecule has 0 radical (unpaired) electrons. The second-order valence-corrected chi connectivity index (χ2v) is 2.29. The Hall–Kier alpha value is -1.30. The summed E-state index contributed by atoms with van der Waals surface area (Å²) < 4.78 is 27.7. The number of aromatic nitrogens is 2. The third-order valence-corrected chi connectivity index (χ3v) is 1.49. The first-order chi connectivity index (χ1) is 6.15. The molecule has 1 heterocycles. The number of hydrogen-bond donors (Lipinski definition) is 1. The van der Waals surface area contributed by atoms with Crippen LogP contribution in [-0.4, -0.2) is 21.7 Å². The fourth-order valence-electron chi connectivity index (χ4n) is 0.831. The highest BCUT2D eigenvalue weighted by Gasteiger charge is 2.11. The monoisotopic (exact) mass is 190 g/mol. The van der Waals surface area contributed by atoms with E-state index in [4.69, 9.17) is 5.11 Å². The highest BCUT2D eigenvalue weighted by molar-refractivity contribution is 5.27. The van der Waals surface area contributed by atoms with Gasteiger partial charge in [0.2, 0.25) is 5.88 Å². The molecule has 1 aromatic rings. The zero-order valence-corrected chi connectivity index (χ0v) is 6.87. The molecule has 0 aliphatic carbocycles. The standard InChI is InChI=1S/C7H8F2N2O2/c1-4-5(2-12)10-3-11-6(4)13-7(8)9/h3,7,12H,2H2,1H3. The molecule has 0 atom stereocenters. The topological polar surface area (TPSA) is 55.2 Å². The average Bonchev–Trinajstić information content (AvgIpc) is 2.08. The van der Waals surface area contributed by atoms with Crippen LogP contribution in [0.1, 0.15) is 11.3 Å². The van der Waals surface area contributed by atoms with Crippen LogP contribution in [-0.2, 0) is 6.61 Å². The van der Waals surface area contributed by atoms with E-state index in [0.29, 0.717) is 5.56 Å². The third-order valence-electron chi connectivity index (χ3n) is 1.49. The summed E-state index contributed by atoms with van der Waals surface area (Å²) in [4.78, 5) is 7.18. The van der Waals surface area contributed by atoms with Crippen molar-refractivity contribution in [2.45, 2.75) is 20.1 Å². The third kappa shape index (κ3) is 2.32. The fourth-order valence-corrected chi connectivity index (χ4v) is 0.831. The van der Waals surface area contributed by atoms with Gasteiger partial charge in [-0.3, -0.25) is 0 Å². The minimum Gasteiger partial charge on any atom is -0.417 e. The van der Waals surface area contributed by atoms with Crippen molar-refractivity contribution >= 4 is 0 Å². The summed E-state index contributed by atoms with van der Waals surface area (Å²) >= 11 is 0. The van der Waals surface area contributed by atoms with E-state index in [-0.39, 0.29) is 18.2 Å². The Kier molecular flexibility index (Phi) is 3.07. The summed E-state index contributed by atoms with van der Waals surface area (Å²) in [5, 5.41) is 8.74. The SMILES string of the molecule is Cc1c(CO)ncnc1OC(F)F. The maximum Gasteiger partial charge on any atom is 0.388 e. The van der Waals surface area contributed by atoms with E-state index in [1.807, 2.05) is 0 Å². The zero-order chi connectivity index (χ0) is 9.84. The molecular weight excluding hydrogens is 182 g/mol. The number of aliphatic hydroxyl groups excluding tert-OH is 1. The maximum absolute atomic E-state index is 11.8. The molecule has 0 fully saturated rings. The van der Waals surface area contributed by atoms with Crippen LogP contribution in [0.25, 0.3) is 0 Å². The lowest BCUT2D eigenvalue weighted by Crippen LogP contribution is -2.07. The molecular formula is C7H8F2N2O2. The largest absolute Gasteiger partial charge is 0.417 e. The van der Waals surface area contributed by atoms with Crippen LogP contribution in [0, 0.1) is 6.92 Å². The minimum absolute atomic E-state index is 0.200. The molecule has 0 spiro atoms. The van der Waals surface area contributed by atoms with Gasteiger partial charge in [-0.1, -0.05) is 0 Å². The van der Waals surface area contributed by atoms with E-state index >= 15 is 0 Å². The Labute approximate surface area is 73.2 Å². The van der Waals surface area contributed by atoms with Crippen molar-refractivity contribution in [2.24, 2.45) is 0 Å². The van der Waals surface area contributed by atoms with Crippen LogP contribution in [0.15, 0.2) is 6.33 Å². The Morgan fingerprint density at radius 3 is 2.77 bits per heavy atom. The van der Waals surface area contributed by atoms with Crippen LogP contribution in [0.5, 0.6) is 5.88 Å². The van der Waals surface area contributed by atoms with Crippen molar-refractivity contribution in [2.75, 3.05) is 0 Å². The zero-order valence-electron chi connectivity index (χ0n) is 6.87. The molecule has 0 aliphatic heterocycles. The number of alkyl halides is 2. The lowest BCUT2D eigenvalue weighted by atomic mass is 10.2. The molecule has 1 N–H and O–H groups in total. The number of aliphatic hydroxyl groups is 1.